The molecule has 0 aliphatic heterocycles. The smallest absolute Gasteiger partial charge is 0.163 e. The number of ether oxygens (including phenoxy) is 1. The molecule has 1 aromatic rings. The SMILES string of the molecule is Cc1nn(C)c(C)c1OCC(C)(C)O. The van der Waals surface area contributed by atoms with Crippen LogP contribution in [-0.2, 0) is 7.05 Å². The number of rotatable bonds is 3. The van der Waals surface area contributed by atoms with E-state index in [0.717, 1.165) is 17.1 Å². The molecule has 4 heteroatoms. The quantitative estimate of drug-likeness (QED) is 0.793. The topological polar surface area (TPSA) is 47.3 Å². The van der Waals surface area contributed by atoms with E-state index in [1.165, 1.54) is 0 Å². The van der Waals surface area contributed by atoms with Gasteiger partial charge in [0.1, 0.15) is 12.3 Å². The largest absolute Gasteiger partial charge is 0.487 e. The molecule has 0 aromatic carbocycles. The van der Waals surface area contributed by atoms with Gasteiger partial charge in [0.15, 0.2) is 5.75 Å². The molecule has 0 unspecified atom stereocenters. The summed E-state index contributed by atoms with van der Waals surface area (Å²) in [7, 11) is 1.87. The van der Waals surface area contributed by atoms with Gasteiger partial charge < -0.3 is 9.84 Å². The van der Waals surface area contributed by atoms with Crippen LogP contribution < -0.4 is 4.74 Å². The number of aryl methyl sites for hydroxylation is 2. The van der Waals surface area contributed by atoms with Crippen molar-refractivity contribution in [2.75, 3.05) is 6.61 Å². The molecule has 0 bridgehead atoms. The summed E-state index contributed by atoms with van der Waals surface area (Å²) in [4.78, 5) is 0. The summed E-state index contributed by atoms with van der Waals surface area (Å²) in [6, 6.07) is 0. The predicted molar refractivity (Wildman–Crippen MR) is 54.5 cm³/mol. The minimum Gasteiger partial charge on any atom is -0.487 e. The average Bonchev–Trinajstić information content (AvgIpc) is 2.23. The van der Waals surface area contributed by atoms with Crippen molar-refractivity contribution in [1.29, 1.82) is 0 Å². The van der Waals surface area contributed by atoms with Crippen molar-refractivity contribution in [3.05, 3.63) is 11.4 Å². The highest BCUT2D eigenvalue weighted by Gasteiger charge is 2.17. The van der Waals surface area contributed by atoms with Crippen molar-refractivity contribution in [1.82, 2.24) is 9.78 Å². The molecule has 80 valence electrons. The van der Waals surface area contributed by atoms with Gasteiger partial charge in [-0.15, -0.1) is 0 Å². The molecule has 0 spiro atoms. The molecular weight excluding hydrogens is 180 g/mol. The first-order valence-electron chi connectivity index (χ1n) is 4.66. The molecule has 4 nitrogen and oxygen atoms in total. The third-order valence-electron chi connectivity index (χ3n) is 2.01. The molecule has 14 heavy (non-hydrogen) atoms. The predicted octanol–water partition coefficient (Wildman–Crippen LogP) is 1.19. The molecule has 1 rings (SSSR count). The van der Waals surface area contributed by atoms with Crippen molar-refractivity contribution < 1.29 is 9.84 Å². The van der Waals surface area contributed by atoms with Gasteiger partial charge in [-0.25, -0.2) is 0 Å². The van der Waals surface area contributed by atoms with E-state index in [0.29, 0.717) is 0 Å². The normalized spacial score (nSPS) is 11.9. The summed E-state index contributed by atoms with van der Waals surface area (Å²) < 4.78 is 7.29. The Bertz CT molecular complexity index is 324. The molecule has 1 heterocycles. The highest BCUT2D eigenvalue weighted by atomic mass is 16.5. The average molecular weight is 198 g/mol. The van der Waals surface area contributed by atoms with Crippen LogP contribution >= 0.6 is 0 Å². The number of aromatic nitrogens is 2. The third-order valence-corrected chi connectivity index (χ3v) is 2.01. The summed E-state index contributed by atoms with van der Waals surface area (Å²) in [6.07, 6.45) is 0. The lowest BCUT2D eigenvalue weighted by atomic mass is 10.2. The number of hydrogen-bond acceptors (Lipinski definition) is 3. The lowest BCUT2D eigenvalue weighted by molar-refractivity contribution is 0.0280. The van der Waals surface area contributed by atoms with E-state index in [9.17, 15) is 5.11 Å². The summed E-state index contributed by atoms with van der Waals surface area (Å²) >= 11 is 0. The van der Waals surface area contributed by atoms with E-state index in [1.54, 1.807) is 18.5 Å². The summed E-state index contributed by atoms with van der Waals surface area (Å²) in [5.74, 6) is 0.773. The van der Waals surface area contributed by atoms with E-state index >= 15 is 0 Å². The van der Waals surface area contributed by atoms with E-state index < -0.39 is 5.60 Å². The van der Waals surface area contributed by atoms with Crippen LogP contribution in [0.4, 0.5) is 0 Å². The Morgan fingerprint density at radius 2 is 2.00 bits per heavy atom. The Hall–Kier alpha value is -1.03. The zero-order chi connectivity index (χ0) is 10.9. The Kier molecular flexibility index (Phi) is 2.85. The number of hydrogen-bond donors (Lipinski definition) is 1. The molecule has 0 saturated carbocycles. The second-order valence-corrected chi connectivity index (χ2v) is 4.22. The molecule has 0 amide bonds. The molecule has 1 N–H and O–H groups in total. The lowest BCUT2D eigenvalue weighted by Gasteiger charge is -2.17. The van der Waals surface area contributed by atoms with E-state index in [4.69, 9.17) is 4.74 Å². The minimum atomic E-state index is -0.811. The second kappa shape index (κ2) is 3.61. The Morgan fingerprint density at radius 3 is 2.36 bits per heavy atom. The van der Waals surface area contributed by atoms with Crippen molar-refractivity contribution in [2.24, 2.45) is 7.05 Å². The molecule has 0 aliphatic rings. The van der Waals surface area contributed by atoms with Gasteiger partial charge >= 0.3 is 0 Å². The number of nitrogens with zero attached hydrogens (tertiary/aromatic N) is 2. The zero-order valence-corrected chi connectivity index (χ0v) is 9.46. The number of aliphatic hydroxyl groups is 1. The fourth-order valence-electron chi connectivity index (χ4n) is 1.21. The van der Waals surface area contributed by atoms with E-state index in [1.807, 2.05) is 20.9 Å². The van der Waals surface area contributed by atoms with Gasteiger partial charge in [-0.05, 0) is 27.7 Å². The van der Waals surface area contributed by atoms with Crippen LogP contribution in [0.25, 0.3) is 0 Å². The third kappa shape index (κ3) is 2.48. The van der Waals surface area contributed by atoms with Crippen LogP contribution in [0.3, 0.4) is 0 Å². The van der Waals surface area contributed by atoms with Crippen LogP contribution in [0.5, 0.6) is 5.75 Å². The van der Waals surface area contributed by atoms with Gasteiger partial charge in [-0.1, -0.05) is 0 Å². The van der Waals surface area contributed by atoms with Gasteiger partial charge in [-0.2, -0.15) is 5.10 Å². The van der Waals surface area contributed by atoms with Crippen molar-refractivity contribution >= 4 is 0 Å². The molecule has 0 saturated heterocycles. The fourth-order valence-corrected chi connectivity index (χ4v) is 1.21. The molecule has 0 fully saturated rings. The first kappa shape index (κ1) is 11.0. The lowest BCUT2D eigenvalue weighted by Crippen LogP contribution is -2.28. The summed E-state index contributed by atoms with van der Waals surface area (Å²) in [5, 5.41) is 13.7. The maximum atomic E-state index is 9.52. The maximum Gasteiger partial charge on any atom is 0.163 e. The van der Waals surface area contributed by atoms with Crippen LogP contribution in [-0.4, -0.2) is 27.1 Å². The molecule has 0 aliphatic carbocycles. The first-order valence-corrected chi connectivity index (χ1v) is 4.66. The first-order chi connectivity index (χ1) is 6.31. The molecular formula is C10H18N2O2. The van der Waals surface area contributed by atoms with Gasteiger partial charge in [-0.3, -0.25) is 4.68 Å². The van der Waals surface area contributed by atoms with Crippen molar-refractivity contribution in [3.63, 3.8) is 0 Å². The van der Waals surface area contributed by atoms with Crippen molar-refractivity contribution in [2.45, 2.75) is 33.3 Å². The van der Waals surface area contributed by atoms with Crippen LogP contribution in [0, 0.1) is 13.8 Å². The molecule has 1 aromatic heterocycles. The fraction of sp³-hybridized carbons (Fsp3) is 0.700. The van der Waals surface area contributed by atoms with Crippen LogP contribution in [0.15, 0.2) is 0 Å². The van der Waals surface area contributed by atoms with E-state index in [2.05, 4.69) is 5.10 Å². The van der Waals surface area contributed by atoms with Gasteiger partial charge in [0.05, 0.1) is 11.3 Å². The van der Waals surface area contributed by atoms with Gasteiger partial charge in [0, 0.05) is 7.05 Å². The second-order valence-electron chi connectivity index (χ2n) is 4.22. The summed E-state index contributed by atoms with van der Waals surface area (Å²) in [6.45, 7) is 7.55. The zero-order valence-electron chi connectivity index (χ0n) is 9.46. The van der Waals surface area contributed by atoms with Crippen LogP contribution in [0.1, 0.15) is 25.2 Å². The standard InChI is InChI=1S/C10H18N2O2/c1-7-9(8(2)12(5)11-7)14-6-10(3,4)13/h13H,6H2,1-5H3. The van der Waals surface area contributed by atoms with Crippen LogP contribution in [0.2, 0.25) is 0 Å². The van der Waals surface area contributed by atoms with Gasteiger partial charge in [0.25, 0.3) is 0 Å². The summed E-state index contributed by atoms with van der Waals surface area (Å²) in [5.41, 5.74) is 1.02. The van der Waals surface area contributed by atoms with Gasteiger partial charge in [0.2, 0.25) is 0 Å². The Balaban J connectivity index is 2.77. The molecule has 0 atom stereocenters. The Labute approximate surface area is 84.5 Å². The van der Waals surface area contributed by atoms with E-state index in [-0.39, 0.29) is 6.61 Å². The highest BCUT2D eigenvalue weighted by Crippen LogP contribution is 2.22. The molecule has 0 radical (unpaired) electrons. The van der Waals surface area contributed by atoms with Crippen molar-refractivity contribution in [3.8, 4) is 5.75 Å². The monoisotopic (exact) mass is 198 g/mol. The minimum absolute atomic E-state index is 0.278. The highest BCUT2D eigenvalue weighted by molar-refractivity contribution is 5.31. The maximum absolute atomic E-state index is 9.52. The Morgan fingerprint density at radius 1 is 1.43 bits per heavy atom.